The van der Waals surface area contributed by atoms with Gasteiger partial charge in [-0.15, -0.1) is 0 Å². The summed E-state index contributed by atoms with van der Waals surface area (Å²) in [6.07, 6.45) is 3.62. The Labute approximate surface area is 148 Å². The summed E-state index contributed by atoms with van der Waals surface area (Å²) < 4.78 is 5.39. The number of anilines is 2. The monoisotopic (exact) mass is 352 g/mol. The van der Waals surface area contributed by atoms with Gasteiger partial charge in [-0.3, -0.25) is 0 Å². The number of aromatic amines is 1. The molecule has 3 aromatic rings. The number of rotatable bonds is 3. The zero-order chi connectivity index (χ0) is 17.2. The minimum atomic E-state index is 0.228. The molecule has 3 aromatic heterocycles. The molecule has 8 heteroatoms. The maximum atomic E-state index is 9.52. The summed E-state index contributed by atoms with van der Waals surface area (Å²) in [5.41, 5.74) is 8.74. The Kier molecular flexibility index (Phi) is 4.09. The number of aromatic nitrogens is 3. The lowest BCUT2D eigenvalue weighted by Crippen LogP contribution is -2.36. The summed E-state index contributed by atoms with van der Waals surface area (Å²) in [7, 11) is 0. The third-order valence-electron chi connectivity index (χ3n) is 4.07. The van der Waals surface area contributed by atoms with E-state index in [1.807, 2.05) is 24.4 Å². The normalized spacial score (nSPS) is 14.4. The third kappa shape index (κ3) is 2.95. The van der Waals surface area contributed by atoms with Gasteiger partial charge in [-0.1, -0.05) is 11.3 Å². The second-order valence-electron chi connectivity index (χ2n) is 5.62. The predicted octanol–water partition coefficient (Wildman–Crippen LogP) is 2.49. The Bertz CT molecular complexity index is 921. The first-order valence-corrected chi connectivity index (χ1v) is 8.71. The van der Waals surface area contributed by atoms with Gasteiger partial charge in [0.05, 0.1) is 29.5 Å². The average Bonchev–Trinajstić information content (AvgIpc) is 3.34. The summed E-state index contributed by atoms with van der Waals surface area (Å²) >= 11 is 1.55. The topological polar surface area (TPSA) is 104 Å². The van der Waals surface area contributed by atoms with Crippen LogP contribution in [-0.4, -0.2) is 41.3 Å². The molecular weight excluding hydrogens is 336 g/mol. The molecule has 0 unspecified atom stereocenters. The highest BCUT2D eigenvalue weighted by atomic mass is 32.1. The molecule has 3 N–H and O–H groups in total. The Morgan fingerprint density at radius 1 is 1.36 bits per heavy atom. The van der Waals surface area contributed by atoms with E-state index in [1.165, 1.54) is 0 Å². The van der Waals surface area contributed by atoms with Gasteiger partial charge in [0.25, 0.3) is 0 Å². The van der Waals surface area contributed by atoms with Crippen LogP contribution in [0.2, 0.25) is 0 Å². The standard InChI is InChI=1S/C17H16N6OS/c18-9-12-11(8-14(22-16(12)19)13-2-1-3-20-13)15-10-21-17(25-15)23-4-6-24-7-5-23/h1-3,8,10,20H,4-7H2,(H2,19,22). The summed E-state index contributed by atoms with van der Waals surface area (Å²) in [5, 5.41) is 10.4. The fraction of sp³-hybridized carbons (Fsp3) is 0.235. The number of morpholine rings is 1. The second kappa shape index (κ2) is 6.55. The SMILES string of the molecule is N#Cc1c(-c2cnc(N3CCOCC3)s2)cc(-c2ccc[nH]2)nc1N. The highest BCUT2D eigenvalue weighted by Gasteiger charge is 2.19. The van der Waals surface area contributed by atoms with E-state index in [-0.39, 0.29) is 5.82 Å². The van der Waals surface area contributed by atoms with Crippen molar-refractivity contribution in [1.29, 1.82) is 5.26 Å². The number of hydrogen-bond donors (Lipinski definition) is 2. The van der Waals surface area contributed by atoms with Crippen LogP contribution in [0.15, 0.2) is 30.6 Å². The van der Waals surface area contributed by atoms with E-state index in [0.717, 1.165) is 34.4 Å². The van der Waals surface area contributed by atoms with Crippen molar-refractivity contribution in [3.8, 4) is 27.9 Å². The summed E-state index contributed by atoms with van der Waals surface area (Å²) in [6.45, 7) is 3.06. The van der Waals surface area contributed by atoms with Gasteiger partial charge >= 0.3 is 0 Å². The Balaban J connectivity index is 1.76. The molecule has 0 saturated carbocycles. The molecule has 126 valence electrons. The van der Waals surface area contributed by atoms with Crippen LogP contribution < -0.4 is 10.6 Å². The predicted molar refractivity (Wildman–Crippen MR) is 97.3 cm³/mol. The highest BCUT2D eigenvalue weighted by molar-refractivity contribution is 7.18. The minimum absolute atomic E-state index is 0.228. The quantitative estimate of drug-likeness (QED) is 0.750. The summed E-state index contributed by atoms with van der Waals surface area (Å²) in [4.78, 5) is 15.1. The molecule has 0 atom stereocenters. The van der Waals surface area contributed by atoms with Crippen LogP contribution in [0.1, 0.15) is 5.56 Å². The number of H-pyrrole nitrogens is 1. The number of pyridine rings is 1. The number of nitrogens with two attached hydrogens (primary N) is 1. The number of nitrogen functional groups attached to an aromatic ring is 1. The molecule has 1 aliphatic heterocycles. The van der Waals surface area contributed by atoms with Gasteiger partial charge in [0.15, 0.2) is 5.13 Å². The molecule has 0 bridgehead atoms. The molecule has 1 fully saturated rings. The van der Waals surface area contributed by atoms with Crippen LogP contribution in [0.4, 0.5) is 10.9 Å². The summed E-state index contributed by atoms with van der Waals surface area (Å²) in [6, 6.07) is 7.87. The molecular formula is C17H16N6OS. The van der Waals surface area contributed by atoms with Crippen molar-refractivity contribution in [3.05, 3.63) is 36.2 Å². The van der Waals surface area contributed by atoms with E-state index in [4.69, 9.17) is 10.5 Å². The maximum Gasteiger partial charge on any atom is 0.186 e. The van der Waals surface area contributed by atoms with Gasteiger partial charge in [-0.2, -0.15) is 5.26 Å². The number of hydrogen-bond acceptors (Lipinski definition) is 7. The lowest BCUT2D eigenvalue weighted by Gasteiger charge is -2.25. The van der Waals surface area contributed by atoms with Gasteiger partial charge in [0.1, 0.15) is 17.5 Å². The van der Waals surface area contributed by atoms with Crippen molar-refractivity contribution in [2.24, 2.45) is 0 Å². The van der Waals surface area contributed by atoms with E-state index in [0.29, 0.717) is 24.5 Å². The molecule has 0 aliphatic carbocycles. The van der Waals surface area contributed by atoms with E-state index < -0.39 is 0 Å². The lowest BCUT2D eigenvalue weighted by molar-refractivity contribution is 0.122. The first-order valence-electron chi connectivity index (χ1n) is 7.89. The molecule has 0 amide bonds. The first kappa shape index (κ1) is 15.6. The smallest absolute Gasteiger partial charge is 0.186 e. The fourth-order valence-corrected chi connectivity index (χ4v) is 3.78. The zero-order valence-corrected chi connectivity index (χ0v) is 14.2. The molecule has 4 rings (SSSR count). The van der Waals surface area contributed by atoms with Gasteiger partial charge < -0.3 is 20.4 Å². The Hall–Kier alpha value is -2.89. The van der Waals surface area contributed by atoms with E-state index in [2.05, 4.69) is 25.9 Å². The van der Waals surface area contributed by atoms with Crippen molar-refractivity contribution >= 4 is 22.3 Å². The van der Waals surface area contributed by atoms with Crippen LogP contribution in [0.3, 0.4) is 0 Å². The third-order valence-corrected chi connectivity index (χ3v) is 5.17. The number of ether oxygens (including phenoxy) is 1. The second-order valence-corrected chi connectivity index (χ2v) is 6.63. The molecule has 0 spiro atoms. The molecule has 0 radical (unpaired) electrons. The van der Waals surface area contributed by atoms with E-state index in [1.54, 1.807) is 17.5 Å². The van der Waals surface area contributed by atoms with Crippen LogP contribution in [0.25, 0.3) is 21.8 Å². The molecule has 25 heavy (non-hydrogen) atoms. The largest absolute Gasteiger partial charge is 0.383 e. The van der Waals surface area contributed by atoms with Crippen LogP contribution in [-0.2, 0) is 4.74 Å². The van der Waals surface area contributed by atoms with Gasteiger partial charge in [-0.05, 0) is 18.2 Å². The van der Waals surface area contributed by atoms with Crippen molar-refractivity contribution < 1.29 is 4.74 Å². The molecule has 4 heterocycles. The van der Waals surface area contributed by atoms with E-state index >= 15 is 0 Å². The Morgan fingerprint density at radius 3 is 2.92 bits per heavy atom. The molecule has 7 nitrogen and oxygen atoms in total. The van der Waals surface area contributed by atoms with Crippen molar-refractivity contribution in [3.63, 3.8) is 0 Å². The number of thiazole rings is 1. The minimum Gasteiger partial charge on any atom is -0.383 e. The van der Waals surface area contributed by atoms with Crippen molar-refractivity contribution in [2.45, 2.75) is 0 Å². The van der Waals surface area contributed by atoms with Crippen LogP contribution >= 0.6 is 11.3 Å². The zero-order valence-electron chi connectivity index (χ0n) is 13.4. The fourth-order valence-electron chi connectivity index (χ4n) is 2.79. The average molecular weight is 352 g/mol. The number of nitrogens with zero attached hydrogens (tertiary/aromatic N) is 4. The van der Waals surface area contributed by atoms with E-state index in [9.17, 15) is 5.26 Å². The molecule has 1 saturated heterocycles. The van der Waals surface area contributed by atoms with Gasteiger partial charge in [0, 0.05) is 31.0 Å². The lowest BCUT2D eigenvalue weighted by atomic mass is 10.1. The molecule has 1 aliphatic rings. The molecule has 0 aromatic carbocycles. The number of nitrogens with one attached hydrogen (secondary N) is 1. The van der Waals surface area contributed by atoms with Crippen LogP contribution in [0, 0.1) is 11.3 Å². The first-order chi connectivity index (χ1) is 12.3. The highest BCUT2D eigenvalue weighted by Crippen LogP contribution is 2.36. The summed E-state index contributed by atoms with van der Waals surface area (Å²) in [5.74, 6) is 0.228. The van der Waals surface area contributed by atoms with Crippen LogP contribution in [0.5, 0.6) is 0 Å². The van der Waals surface area contributed by atoms with Gasteiger partial charge in [-0.25, -0.2) is 9.97 Å². The number of nitriles is 1. The Morgan fingerprint density at radius 2 is 2.20 bits per heavy atom. The van der Waals surface area contributed by atoms with Gasteiger partial charge in [0.2, 0.25) is 0 Å². The van der Waals surface area contributed by atoms with Crippen molar-refractivity contribution in [1.82, 2.24) is 15.0 Å². The van der Waals surface area contributed by atoms with Crippen molar-refractivity contribution in [2.75, 3.05) is 36.9 Å². The maximum absolute atomic E-state index is 9.52.